The number of nitrogens with zero attached hydrogens (tertiary/aromatic N) is 3. The maximum absolute atomic E-state index is 12.5. The number of aliphatic carboxylic acids is 1. The molecule has 2 aromatic rings. The van der Waals surface area contributed by atoms with Gasteiger partial charge in [0.1, 0.15) is 5.75 Å². The van der Waals surface area contributed by atoms with Gasteiger partial charge in [0.15, 0.2) is 0 Å². The predicted octanol–water partition coefficient (Wildman–Crippen LogP) is 2.93. The van der Waals surface area contributed by atoms with Crippen LogP contribution in [0.25, 0.3) is 0 Å². The molecule has 2 rings (SSSR count). The summed E-state index contributed by atoms with van der Waals surface area (Å²) in [4.78, 5) is 36.2. The SMILES string of the molecule is CCCC(C)(Oc1cccc(CCOc2nn(C)c(=O)n(CCCC(F)(F)F)c2=O)c1)C(=O)O. The van der Waals surface area contributed by atoms with Gasteiger partial charge in [-0.25, -0.2) is 14.3 Å². The largest absolute Gasteiger partial charge is 0.478 e. The monoisotopic (exact) mass is 487 g/mol. The minimum absolute atomic E-state index is 0.0163. The summed E-state index contributed by atoms with van der Waals surface area (Å²) in [7, 11) is 1.27. The van der Waals surface area contributed by atoms with E-state index in [0.29, 0.717) is 29.6 Å². The van der Waals surface area contributed by atoms with Crippen LogP contribution in [0.2, 0.25) is 0 Å². The van der Waals surface area contributed by atoms with E-state index in [2.05, 4.69) is 5.10 Å². The fourth-order valence-corrected chi connectivity index (χ4v) is 3.29. The smallest absolute Gasteiger partial charge is 0.389 e. The zero-order chi connectivity index (χ0) is 25.5. The van der Waals surface area contributed by atoms with Crippen LogP contribution in [-0.4, -0.2) is 43.8 Å². The van der Waals surface area contributed by atoms with Gasteiger partial charge in [-0.3, -0.25) is 9.36 Å². The third kappa shape index (κ3) is 7.35. The molecule has 12 heteroatoms. The van der Waals surface area contributed by atoms with Crippen molar-refractivity contribution in [1.29, 1.82) is 0 Å². The van der Waals surface area contributed by atoms with Crippen LogP contribution in [0.5, 0.6) is 11.6 Å². The first-order valence-electron chi connectivity index (χ1n) is 10.8. The predicted molar refractivity (Wildman–Crippen MR) is 116 cm³/mol. The molecule has 0 amide bonds. The lowest BCUT2D eigenvalue weighted by atomic mass is 10.0. The van der Waals surface area contributed by atoms with E-state index in [4.69, 9.17) is 9.47 Å². The molecular weight excluding hydrogens is 459 g/mol. The summed E-state index contributed by atoms with van der Waals surface area (Å²) in [6.07, 6.45) is -4.70. The van der Waals surface area contributed by atoms with Crippen molar-refractivity contribution in [3.05, 3.63) is 50.7 Å². The van der Waals surface area contributed by atoms with E-state index in [9.17, 15) is 32.7 Å². The molecule has 9 nitrogen and oxygen atoms in total. The number of hydrogen-bond donors (Lipinski definition) is 1. The number of halogens is 3. The van der Waals surface area contributed by atoms with E-state index in [1.54, 1.807) is 24.3 Å². The molecule has 0 saturated carbocycles. The summed E-state index contributed by atoms with van der Waals surface area (Å²) < 4.78 is 49.8. The highest BCUT2D eigenvalue weighted by atomic mass is 19.4. The average molecular weight is 487 g/mol. The molecule has 0 aliphatic heterocycles. The summed E-state index contributed by atoms with van der Waals surface area (Å²) >= 11 is 0. The number of rotatable bonds is 12. The van der Waals surface area contributed by atoms with E-state index >= 15 is 0 Å². The second-order valence-electron chi connectivity index (χ2n) is 8.02. The average Bonchev–Trinajstić information content (AvgIpc) is 2.73. The number of carbonyl (C=O) groups is 1. The van der Waals surface area contributed by atoms with Crippen LogP contribution in [0.1, 0.15) is 45.1 Å². The molecular formula is C22H28F3N3O6. The number of aryl methyl sites for hydroxylation is 1. The van der Waals surface area contributed by atoms with Gasteiger partial charge < -0.3 is 14.6 Å². The Hall–Kier alpha value is -3.31. The van der Waals surface area contributed by atoms with Gasteiger partial charge in [0.2, 0.25) is 5.60 Å². The highest BCUT2D eigenvalue weighted by molar-refractivity contribution is 5.77. The third-order valence-corrected chi connectivity index (χ3v) is 5.07. The number of ether oxygens (including phenoxy) is 2. The Labute approximate surface area is 193 Å². The number of aromatic nitrogens is 3. The standard InChI is InChI=1S/C22H28F3N3O6/c1-4-10-21(2,19(30)31)34-16-8-5-7-15(14-16)9-13-33-17-18(29)28(20(32)27(3)26-17)12-6-11-22(23,24)25/h5,7-8,14H,4,6,9-13H2,1-3H3,(H,30,31). The van der Waals surface area contributed by atoms with Gasteiger partial charge in [-0.05, 0) is 37.5 Å². The van der Waals surface area contributed by atoms with E-state index in [1.165, 1.54) is 14.0 Å². The molecule has 1 N–H and O–H groups in total. The molecule has 0 radical (unpaired) electrons. The summed E-state index contributed by atoms with van der Waals surface area (Å²) in [6, 6.07) is 6.74. The minimum atomic E-state index is -4.39. The molecule has 1 aromatic carbocycles. The minimum Gasteiger partial charge on any atom is -0.478 e. The number of hydrogen-bond acceptors (Lipinski definition) is 6. The first-order valence-corrected chi connectivity index (χ1v) is 10.8. The van der Waals surface area contributed by atoms with Gasteiger partial charge in [0.05, 0.1) is 6.61 Å². The Morgan fingerprint density at radius 1 is 1.21 bits per heavy atom. The van der Waals surface area contributed by atoms with Gasteiger partial charge in [0, 0.05) is 26.4 Å². The molecule has 1 aromatic heterocycles. The number of benzene rings is 1. The van der Waals surface area contributed by atoms with Crippen LogP contribution >= 0.6 is 0 Å². The van der Waals surface area contributed by atoms with Crippen LogP contribution in [0.4, 0.5) is 13.2 Å². The van der Waals surface area contributed by atoms with Gasteiger partial charge in [-0.15, -0.1) is 5.10 Å². The summed E-state index contributed by atoms with van der Waals surface area (Å²) in [5.41, 5.74) is -2.38. The topological polar surface area (TPSA) is 113 Å². The van der Waals surface area contributed by atoms with Crippen LogP contribution in [0.15, 0.2) is 33.9 Å². The molecule has 188 valence electrons. The van der Waals surface area contributed by atoms with E-state index in [0.717, 1.165) is 10.2 Å². The second-order valence-corrected chi connectivity index (χ2v) is 8.02. The Morgan fingerprint density at radius 2 is 1.91 bits per heavy atom. The molecule has 34 heavy (non-hydrogen) atoms. The molecule has 1 heterocycles. The number of carboxylic acids is 1. The molecule has 0 fully saturated rings. The first kappa shape index (κ1) is 26.9. The van der Waals surface area contributed by atoms with Gasteiger partial charge in [0.25, 0.3) is 5.88 Å². The van der Waals surface area contributed by atoms with Gasteiger partial charge in [-0.1, -0.05) is 25.5 Å². The molecule has 0 aliphatic carbocycles. The van der Waals surface area contributed by atoms with Crippen molar-refractivity contribution >= 4 is 5.97 Å². The lowest BCUT2D eigenvalue weighted by Gasteiger charge is -2.26. The molecule has 0 bridgehead atoms. The zero-order valence-electron chi connectivity index (χ0n) is 19.2. The van der Waals surface area contributed by atoms with Gasteiger partial charge >= 0.3 is 23.4 Å². The summed E-state index contributed by atoms with van der Waals surface area (Å²) in [5, 5.41) is 13.2. The van der Waals surface area contributed by atoms with Crippen molar-refractivity contribution in [2.45, 2.75) is 64.3 Å². The second kappa shape index (κ2) is 11.2. The Kier molecular flexibility index (Phi) is 8.88. The Balaban J connectivity index is 2.08. The molecule has 1 atom stereocenters. The maximum Gasteiger partial charge on any atom is 0.389 e. The third-order valence-electron chi connectivity index (χ3n) is 5.07. The van der Waals surface area contributed by atoms with E-state index < -0.39 is 54.3 Å². The van der Waals surface area contributed by atoms with Crippen molar-refractivity contribution in [1.82, 2.24) is 14.3 Å². The highest BCUT2D eigenvalue weighted by Gasteiger charge is 2.34. The van der Waals surface area contributed by atoms with E-state index in [1.807, 2.05) is 6.92 Å². The van der Waals surface area contributed by atoms with Crippen LogP contribution < -0.4 is 20.7 Å². The van der Waals surface area contributed by atoms with E-state index in [-0.39, 0.29) is 6.61 Å². The maximum atomic E-state index is 12.5. The lowest BCUT2D eigenvalue weighted by Crippen LogP contribution is -2.41. The van der Waals surface area contributed by atoms with Crippen LogP contribution in [0, 0.1) is 0 Å². The lowest BCUT2D eigenvalue weighted by molar-refractivity contribution is -0.154. The molecule has 0 saturated heterocycles. The van der Waals surface area contributed by atoms with Crippen molar-refractivity contribution < 1.29 is 32.5 Å². The van der Waals surface area contributed by atoms with Crippen molar-refractivity contribution in [3.63, 3.8) is 0 Å². The first-order chi connectivity index (χ1) is 15.9. The Morgan fingerprint density at radius 3 is 2.53 bits per heavy atom. The van der Waals surface area contributed by atoms with Crippen LogP contribution in [-0.2, 0) is 24.8 Å². The van der Waals surface area contributed by atoms with Crippen molar-refractivity contribution in [3.8, 4) is 11.6 Å². The van der Waals surface area contributed by atoms with Crippen LogP contribution in [0.3, 0.4) is 0 Å². The fraction of sp³-hybridized carbons (Fsp3) is 0.545. The summed E-state index contributed by atoms with van der Waals surface area (Å²) in [5.74, 6) is -1.11. The zero-order valence-corrected chi connectivity index (χ0v) is 19.2. The summed E-state index contributed by atoms with van der Waals surface area (Å²) in [6.45, 7) is 2.93. The van der Waals surface area contributed by atoms with Crippen molar-refractivity contribution in [2.75, 3.05) is 6.61 Å². The highest BCUT2D eigenvalue weighted by Crippen LogP contribution is 2.24. The fourth-order valence-electron chi connectivity index (χ4n) is 3.29. The quantitative estimate of drug-likeness (QED) is 0.490. The Bertz CT molecular complexity index is 1110. The molecule has 0 spiro atoms. The normalized spacial score (nSPS) is 13.4. The molecule has 1 unspecified atom stereocenters. The number of carboxylic acid groups (broad SMARTS) is 1. The molecule has 0 aliphatic rings. The number of alkyl halides is 3. The van der Waals surface area contributed by atoms with Gasteiger partial charge in [-0.2, -0.15) is 13.2 Å². The van der Waals surface area contributed by atoms with Crippen molar-refractivity contribution in [2.24, 2.45) is 7.05 Å².